The van der Waals surface area contributed by atoms with Crippen molar-refractivity contribution in [1.29, 1.82) is 0 Å². The van der Waals surface area contributed by atoms with Gasteiger partial charge in [-0.05, 0) is 36.2 Å². The van der Waals surface area contributed by atoms with Crippen molar-refractivity contribution in [2.45, 2.75) is 12.5 Å². The Morgan fingerprint density at radius 1 is 1.22 bits per heavy atom. The molecule has 0 saturated heterocycles. The van der Waals surface area contributed by atoms with E-state index in [2.05, 4.69) is 0 Å². The lowest BCUT2D eigenvalue weighted by molar-refractivity contribution is -0.129. The van der Waals surface area contributed by atoms with Gasteiger partial charge in [0.2, 0.25) is 5.78 Å². The summed E-state index contributed by atoms with van der Waals surface area (Å²) in [6, 6.07) is 9.42. The number of methoxy groups -OCH3 is 2. The Labute approximate surface area is 156 Å². The van der Waals surface area contributed by atoms with Crippen LogP contribution in [0.2, 0.25) is 0 Å². The van der Waals surface area contributed by atoms with Crippen LogP contribution in [0.15, 0.2) is 58.4 Å². The molecule has 1 aromatic carbocycles. The number of carbonyl (C=O) groups is 2. The van der Waals surface area contributed by atoms with Crippen molar-refractivity contribution in [2.75, 3.05) is 27.4 Å². The average Bonchev–Trinajstić information content (AvgIpc) is 3.31. The fraction of sp³-hybridized carbons (Fsp3) is 0.300. The predicted octanol–water partition coefficient (Wildman–Crippen LogP) is 2.90. The number of benzene rings is 1. The van der Waals surface area contributed by atoms with E-state index in [1.165, 1.54) is 17.2 Å². The van der Waals surface area contributed by atoms with Crippen LogP contribution in [-0.2, 0) is 9.53 Å². The van der Waals surface area contributed by atoms with E-state index in [0.29, 0.717) is 30.9 Å². The fourth-order valence-corrected chi connectivity index (χ4v) is 3.17. The van der Waals surface area contributed by atoms with Crippen molar-refractivity contribution in [2.24, 2.45) is 0 Å². The van der Waals surface area contributed by atoms with Gasteiger partial charge in [-0.25, -0.2) is 0 Å². The quantitative estimate of drug-likeness (QED) is 0.567. The highest BCUT2D eigenvalue weighted by Gasteiger charge is 2.44. The molecule has 27 heavy (non-hydrogen) atoms. The van der Waals surface area contributed by atoms with Crippen molar-refractivity contribution in [1.82, 2.24) is 4.90 Å². The van der Waals surface area contributed by atoms with Crippen LogP contribution in [0, 0.1) is 0 Å². The summed E-state index contributed by atoms with van der Waals surface area (Å²) in [5, 5.41) is 10.5. The molecule has 0 saturated carbocycles. The van der Waals surface area contributed by atoms with E-state index in [4.69, 9.17) is 13.9 Å². The smallest absolute Gasteiger partial charge is 0.290 e. The van der Waals surface area contributed by atoms with E-state index in [0.717, 1.165) is 0 Å². The third-order valence-corrected chi connectivity index (χ3v) is 4.47. The second-order valence-corrected chi connectivity index (χ2v) is 6.09. The number of rotatable bonds is 8. The van der Waals surface area contributed by atoms with Gasteiger partial charge >= 0.3 is 0 Å². The third kappa shape index (κ3) is 3.59. The second kappa shape index (κ2) is 8.09. The topological polar surface area (TPSA) is 89.2 Å². The molecule has 0 bridgehead atoms. The lowest BCUT2D eigenvalue weighted by Gasteiger charge is -2.26. The summed E-state index contributed by atoms with van der Waals surface area (Å²) < 4.78 is 15.4. The average molecular weight is 371 g/mol. The first-order valence-corrected chi connectivity index (χ1v) is 8.53. The molecule has 2 heterocycles. The molecule has 0 spiro atoms. The van der Waals surface area contributed by atoms with Crippen molar-refractivity contribution in [3.63, 3.8) is 0 Å². The standard InChI is InChI=1S/C20H21NO6/c1-25-11-4-10-21-17(13-6-8-14(26-2)9-7-13)16(19(23)20(21)24)18(22)15-5-3-12-27-15/h3,5-9,12,17,23H,4,10-11H2,1-2H3/t17-/m0/s1. The zero-order valence-electron chi connectivity index (χ0n) is 15.2. The van der Waals surface area contributed by atoms with E-state index in [1.807, 2.05) is 0 Å². The summed E-state index contributed by atoms with van der Waals surface area (Å²) in [6.45, 7) is 0.795. The normalized spacial score (nSPS) is 16.9. The summed E-state index contributed by atoms with van der Waals surface area (Å²) in [5.74, 6) is -0.917. The van der Waals surface area contributed by atoms with Crippen LogP contribution in [0.1, 0.15) is 28.6 Å². The molecule has 142 valence electrons. The summed E-state index contributed by atoms with van der Waals surface area (Å²) in [6.07, 6.45) is 1.95. The minimum absolute atomic E-state index is 0.0116. The van der Waals surface area contributed by atoms with Gasteiger partial charge in [0.1, 0.15) is 5.75 Å². The van der Waals surface area contributed by atoms with Gasteiger partial charge in [0.05, 0.1) is 25.0 Å². The molecule has 1 aliphatic rings. The molecule has 1 atom stereocenters. The van der Waals surface area contributed by atoms with Crippen LogP contribution in [0.4, 0.5) is 0 Å². The Hall–Kier alpha value is -3.06. The summed E-state index contributed by atoms with van der Waals surface area (Å²) >= 11 is 0. The Morgan fingerprint density at radius 3 is 2.56 bits per heavy atom. The maximum absolute atomic E-state index is 12.9. The minimum atomic E-state index is -0.710. The highest BCUT2D eigenvalue weighted by Crippen LogP contribution is 2.39. The van der Waals surface area contributed by atoms with E-state index in [9.17, 15) is 14.7 Å². The van der Waals surface area contributed by atoms with Gasteiger partial charge in [0.15, 0.2) is 11.5 Å². The largest absolute Gasteiger partial charge is 0.503 e. The van der Waals surface area contributed by atoms with E-state index >= 15 is 0 Å². The molecule has 1 amide bonds. The molecule has 7 nitrogen and oxygen atoms in total. The van der Waals surface area contributed by atoms with E-state index < -0.39 is 23.5 Å². The van der Waals surface area contributed by atoms with Gasteiger partial charge in [-0.2, -0.15) is 0 Å². The first-order chi connectivity index (χ1) is 13.1. The highest BCUT2D eigenvalue weighted by molar-refractivity contribution is 6.15. The number of furan rings is 1. The number of hydrogen-bond donors (Lipinski definition) is 1. The molecule has 1 N–H and O–H groups in total. The summed E-state index contributed by atoms with van der Waals surface area (Å²) in [4.78, 5) is 27.0. The predicted molar refractivity (Wildman–Crippen MR) is 96.6 cm³/mol. The summed E-state index contributed by atoms with van der Waals surface area (Å²) in [7, 11) is 3.14. The van der Waals surface area contributed by atoms with Gasteiger partial charge in [-0.15, -0.1) is 0 Å². The Bertz CT molecular complexity index is 838. The summed E-state index contributed by atoms with van der Waals surface area (Å²) in [5.41, 5.74) is 0.707. The number of Topliss-reactive ketones (excluding diaryl/α,β-unsaturated/α-hetero) is 1. The number of aliphatic hydroxyl groups is 1. The van der Waals surface area contributed by atoms with E-state index in [-0.39, 0.29) is 11.3 Å². The first-order valence-electron chi connectivity index (χ1n) is 8.53. The van der Waals surface area contributed by atoms with Gasteiger partial charge in [0, 0.05) is 20.3 Å². The molecule has 3 rings (SSSR count). The zero-order chi connectivity index (χ0) is 19.4. The maximum atomic E-state index is 12.9. The van der Waals surface area contributed by atoms with Gasteiger partial charge < -0.3 is 23.9 Å². The second-order valence-electron chi connectivity index (χ2n) is 6.09. The molecule has 0 fully saturated rings. The molecule has 7 heteroatoms. The molecule has 1 aromatic heterocycles. The van der Waals surface area contributed by atoms with Crippen LogP contribution < -0.4 is 4.74 Å². The number of amides is 1. The van der Waals surface area contributed by atoms with Crippen LogP contribution in [-0.4, -0.2) is 49.1 Å². The molecule has 1 aliphatic heterocycles. The lowest BCUT2D eigenvalue weighted by Crippen LogP contribution is -2.32. The number of carbonyl (C=O) groups excluding carboxylic acids is 2. The molecular formula is C20H21NO6. The molecular weight excluding hydrogens is 350 g/mol. The van der Waals surface area contributed by atoms with Crippen molar-refractivity contribution in [3.05, 3.63) is 65.3 Å². The molecule has 0 radical (unpaired) electrons. The Morgan fingerprint density at radius 2 is 1.96 bits per heavy atom. The van der Waals surface area contributed by atoms with Crippen LogP contribution in [0.5, 0.6) is 5.75 Å². The number of aliphatic hydroxyl groups excluding tert-OH is 1. The maximum Gasteiger partial charge on any atom is 0.290 e. The van der Waals surface area contributed by atoms with E-state index in [1.54, 1.807) is 44.6 Å². The van der Waals surface area contributed by atoms with Crippen LogP contribution in [0.3, 0.4) is 0 Å². The van der Waals surface area contributed by atoms with Crippen molar-refractivity contribution in [3.8, 4) is 5.75 Å². The monoisotopic (exact) mass is 371 g/mol. The SMILES string of the molecule is COCCCN1C(=O)C(O)=C(C(=O)c2ccco2)[C@@H]1c1ccc(OC)cc1. The molecule has 2 aromatic rings. The molecule has 0 aliphatic carbocycles. The fourth-order valence-electron chi connectivity index (χ4n) is 3.17. The molecule has 0 unspecified atom stereocenters. The van der Waals surface area contributed by atoms with Gasteiger partial charge in [-0.3, -0.25) is 9.59 Å². The number of ether oxygens (including phenoxy) is 2. The minimum Gasteiger partial charge on any atom is -0.503 e. The van der Waals surface area contributed by atoms with Crippen LogP contribution in [0.25, 0.3) is 0 Å². The zero-order valence-corrected chi connectivity index (χ0v) is 15.2. The van der Waals surface area contributed by atoms with Gasteiger partial charge in [-0.1, -0.05) is 12.1 Å². The van der Waals surface area contributed by atoms with Crippen molar-refractivity contribution < 1.29 is 28.6 Å². The highest BCUT2D eigenvalue weighted by atomic mass is 16.5. The van der Waals surface area contributed by atoms with Gasteiger partial charge in [0.25, 0.3) is 5.91 Å². The number of ketones is 1. The number of hydrogen-bond acceptors (Lipinski definition) is 6. The van der Waals surface area contributed by atoms with Crippen molar-refractivity contribution >= 4 is 11.7 Å². The van der Waals surface area contributed by atoms with Crippen LogP contribution >= 0.6 is 0 Å². The lowest BCUT2D eigenvalue weighted by atomic mass is 9.95. The third-order valence-electron chi connectivity index (χ3n) is 4.47. The first kappa shape index (κ1) is 18.7. The Balaban J connectivity index is 2.01. The Kier molecular flexibility index (Phi) is 5.61. The number of nitrogens with zero attached hydrogens (tertiary/aromatic N) is 1.